The van der Waals surface area contributed by atoms with E-state index in [0.717, 1.165) is 17.7 Å². The highest BCUT2D eigenvalue weighted by Gasteiger charge is 2.24. The van der Waals surface area contributed by atoms with E-state index in [1.807, 2.05) is 38.4 Å². The van der Waals surface area contributed by atoms with Crippen LogP contribution in [0.3, 0.4) is 0 Å². The highest BCUT2D eigenvalue weighted by Crippen LogP contribution is 2.27. The van der Waals surface area contributed by atoms with Crippen LogP contribution in [0.2, 0.25) is 0 Å². The van der Waals surface area contributed by atoms with Crippen molar-refractivity contribution in [2.75, 3.05) is 13.1 Å². The molecular weight excluding hydrogens is 521 g/mol. The molecule has 3 rings (SSSR count). The number of aliphatic hydroxyl groups is 1. The molecule has 2 aromatic carbocycles. The Bertz CT molecular complexity index is 958. The molecule has 0 fully saturated rings. The summed E-state index contributed by atoms with van der Waals surface area (Å²) >= 11 is 1.74. The molecule has 3 N–H and O–H groups in total. The third kappa shape index (κ3) is 7.86. The van der Waals surface area contributed by atoms with Crippen LogP contribution in [0, 0.1) is 0 Å². The molecule has 1 unspecified atom stereocenters. The lowest BCUT2D eigenvalue weighted by Crippen LogP contribution is -2.44. The fraction of sp³-hybridized carbons (Fsp3) is 0.304. The first kappa shape index (κ1) is 25.2. The Morgan fingerprint density at radius 3 is 2.39 bits per heavy atom. The van der Waals surface area contributed by atoms with Crippen LogP contribution in [0.15, 0.2) is 81.8 Å². The van der Waals surface area contributed by atoms with Gasteiger partial charge in [-0.15, -0.1) is 24.0 Å². The number of nitrogens with one attached hydrogen (secondary N) is 2. The maximum absolute atomic E-state index is 10.8. The minimum Gasteiger partial charge on any atom is -0.383 e. The van der Waals surface area contributed by atoms with Crippen molar-refractivity contribution in [3.63, 3.8) is 0 Å². The lowest BCUT2D eigenvalue weighted by molar-refractivity contribution is 0.0616. The normalized spacial score (nSPS) is 13.2. The summed E-state index contributed by atoms with van der Waals surface area (Å²) in [4.78, 5) is 7.08. The molecule has 0 amide bonds. The number of aryl methyl sites for hydroxylation is 1. The van der Waals surface area contributed by atoms with E-state index in [1.165, 1.54) is 9.79 Å². The molecule has 8 heteroatoms. The van der Waals surface area contributed by atoms with Crippen molar-refractivity contribution in [3.8, 4) is 0 Å². The van der Waals surface area contributed by atoms with Crippen LogP contribution in [0.5, 0.6) is 0 Å². The zero-order valence-corrected chi connectivity index (χ0v) is 21.2. The quantitative estimate of drug-likeness (QED) is 0.223. The Labute approximate surface area is 205 Å². The van der Waals surface area contributed by atoms with E-state index in [0.29, 0.717) is 19.0 Å². The van der Waals surface area contributed by atoms with Gasteiger partial charge < -0.3 is 15.7 Å². The van der Waals surface area contributed by atoms with Gasteiger partial charge in [-0.25, -0.2) is 4.99 Å². The molecule has 0 bridgehead atoms. The van der Waals surface area contributed by atoms with Crippen LogP contribution in [0.4, 0.5) is 0 Å². The lowest BCUT2D eigenvalue weighted by atomic mass is 10.00. The fourth-order valence-electron chi connectivity index (χ4n) is 2.86. The van der Waals surface area contributed by atoms with Crippen molar-refractivity contribution in [3.05, 3.63) is 78.1 Å². The number of aromatic nitrogens is 2. The smallest absolute Gasteiger partial charge is 0.191 e. The predicted octanol–water partition coefficient (Wildman–Crippen LogP) is 4.15. The SMILES string of the molecule is CCNC(=NCc1ccc(Sc2ccccc2)cc1)NCC(C)(O)c1cnn(C)c1.I. The Morgan fingerprint density at radius 2 is 1.77 bits per heavy atom. The molecule has 1 aromatic heterocycles. The van der Waals surface area contributed by atoms with Gasteiger partial charge in [0.1, 0.15) is 5.60 Å². The molecule has 166 valence electrons. The standard InChI is InChI=1S/C23H29N5OS.HI/c1-4-24-22(26-17-23(2,29)19-15-27-28(3)16-19)25-14-18-10-12-21(13-11-18)30-20-8-6-5-7-9-20;/h5-13,15-16,29H,4,14,17H2,1-3H3,(H2,24,25,26);1H. The average Bonchev–Trinajstić information content (AvgIpc) is 3.19. The highest BCUT2D eigenvalue weighted by molar-refractivity contribution is 14.0. The molecule has 0 spiro atoms. The van der Waals surface area contributed by atoms with Gasteiger partial charge in [0.05, 0.1) is 19.3 Å². The predicted molar refractivity (Wildman–Crippen MR) is 138 cm³/mol. The van der Waals surface area contributed by atoms with Gasteiger partial charge in [-0.2, -0.15) is 5.10 Å². The van der Waals surface area contributed by atoms with Crippen molar-refractivity contribution in [1.29, 1.82) is 0 Å². The second-order valence-corrected chi connectivity index (χ2v) is 8.43. The second kappa shape index (κ2) is 12.1. The van der Waals surface area contributed by atoms with Crippen molar-refractivity contribution in [1.82, 2.24) is 20.4 Å². The van der Waals surface area contributed by atoms with E-state index in [2.05, 4.69) is 57.1 Å². The molecule has 0 radical (unpaired) electrons. The lowest BCUT2D eigenvalue weighted by Gasteiger charge is -2.23. The Hall–Kier alpha value is -2.04. The van der Waals surface area contributed by atoms with Gasteiger partial charge in [0.2, 0.25) is 0 Å². The number of nitrogens with zero attached hydrogens (tertiary/aromatic N) is 3. The van der Waals surface area contributed by atoms with Crippen molar-refractivity contribution in [2.24, 2.45) is 12.0 Å². The van der Waals surface area contributed by atoms with E-state index in [9.17, 15) is 5.11 Å². The van der Waals surface area contributed by atoms with Gasteiger partial charge in [0, 0.05) is 35.1 Å². The molecule has 0 aliphatic rings. The molecule has 6 nitrogen and oxygen atoms in total. The van der Waals surface area contributed by atoms with Crippen molar-refractivity contribution >= 4 is 41.7 Å². The van der Waals surface area contributed by atoms with E-state index in [1.54, 1.807) is 29.6 Å². The van der Waals surface area contributed by atoms with Crippen LogP contribution in [-0.4, -0.2) is 33.9 Å². The van der Waals surface area contributed by atoms with Gasteiger partial charge in [-0.3, -0.25) is 4.68 Å². The van der Waals surface area contributed by atoms with Crippen LogP contribution in [-0.2, 0) is 19.2 Å². The van der Waals surface area contributed by atoms with Gasteiger partial charge in [-0.1, -0.05) is 42.1 Å². The molecule has 1 atom stereocenters. The van der Waals surface area contributed by atoms with Gasteiger partial charge in [0.25, 0.3) is 0 Å². The number of hydrogen-bond donors (Lipinski definition) is 3. The zero-order valence-electron chi connectivity index (χ0n) is 18.1. The van der Waals surface area contributed by atoms with E-state index >= 15 is 0 Å². The first-order valence-electron chi connectivity index (χ1n) is 10.0. The Balaban J connectivity index is 0.00000341. The molecule has 3 aromatic rings. The summed E-state index contributed by atoms with van der Waals surface area (Å²) in [5.41, 5.74) is 0.851. The van der Waals surface area contributed by atoms with Crippen LogP contribution < -0.4 is 10.6 Å². The molecule has 0 saturated heterocycles. The Morgan fingerprint density at radius 1 is 1.10 bits per heavy atom. The number of aliphatic imine (C=N–C) groups is 1. The molecule has 0 aliphatic carbocycles. The van der Waals surface area contributed by atoms with Gasteiger partial charge in [0.15, 0.2) is 5.96 Å². The van der Waals surface area contributed by atoms with E-state index in [4.69, 9.17) is 0 Å². The highest BCUT2D eigenvalue weighted by atomic mass is 127. The maximum atomic E-state index is 10.8. The average molecular weight is 551 g/mol. The van der Waals surface area contributed by atoms with Gasteiger partial charge in [-0.05, 0) is 43.7 Å². The first-order chi connectivity index (χ1) is 14.5. The molecule has 0 aliphatic heterocycles. The zero-order chi connectivity index (χ0) is 21.4. The largest absolute Gasteiger partial charge is 0.383 e. The minimum absolute atomic E-state index is 0. The van der Waals surface area contributed by atoms with E-state index < -0.39 is 5.60 Å². The number of hydrogen-bond acceptors (Lipinski definition) is 4. The summed E-state index contributed by atoms with van der Waals surface area (Å²) in [6.45, 7) is 5.42. The summed E-state index contributed by atoms with van der Waals surface area (Å²) in [6.07, 6.45) is 3.50. The molecule has 1 heterocycles. The maximum Gasteiger partial charge on any atom is 0.191 e. The van der Waals surface area contributed by atoms with Gasteiger partial charge >= 0.3 is 0 Å². The number of guanidine groups is 1. The number of rotatable bonds is 8. The minimum atomic E-state index is -1.04. The number of benzene rings is 2. The van der Waals surface area contributed by atoms with Crippen LogP contribution in [0.1, 0.15) is 25.0 Å². The van der Waals surface area contributed by atoms with Crippen molar-refractivity contribution in [2.45, 2.75) is 35.8 Å². The van der Waals surface area contributed by atoms with E-state index in [-0.39, 0.29) is 24.0 Å². The molecule has 31 heavy (non-hydrogen) atoms. The Kier molecular flexibility index (Phi) is 9.86. The summed E-state index contributed by atoms with van der Waals surface area (Å²) in [5.74, 6) is 0.671. The monoisotopic (exact) mass is 551 g/mol. The van der Waals surface area contributed by atoms with Crippen LogP contribution in [0.25, 0.3) is 0 Å². The molecular formula is C23H30IN5OS. The third-order valence-corrected chi connectivity index (χ3v) is 5.61. The summed E-state index contributed by atoms with van der Waals surface area (Å²) < 4.78 is 1.68. The molecule has 0 saturated carbocycles. The van der Waals surface area contributed by atoms with Crippen LogP contribution >= 0.6 is 35.7 Å². The second-order valence-electron chi connectivity index (χ2n) is 7.28. The summed E-state index contributed by atoms with van der Waals surface area (Å²) in [5, 5.41) is 21.3. The third-order valence-electron chi connectivity index (χ3n) is 4.59. The van der Waals surface area contributed by atoms with Crippen molar-refractivity contribution < 1.29 is 5.11 Å². The fourth-order valence-corrected chi connectivity index (χ4v) is 3.69. The topological polar surface area (TPSA) is 74.5 Å². The number of halogens is 1. The first-order valence-corrected chi connectivity index (χ1v) is 10.8. The summed E-state index contributed by atoms with van der Waals surface area (Å²) in [6, 6.07) is 18.8. The summed E-state index contributed by atoms with van der Waals surface area (Å²) in [7, 11) is 1.84.